The first kappa shape index (κ1) is 19.3. The zero-order valence-corrected chi connectivity index (χ0v) is 15.9. The van der Waals surface area contributed by atoms with E-state index in [1.54, 1.807) is 29.2 Å². The summed E-state index contributed by atoms with van der Waals surface area (Å²) in [6.07, 6.45) is 1.46. The molecule has 2 aromatic rings. The molecule has 1 saturated heterocycles. The Labute approximate surface area is 162 Å². The fraction of sp³-hybridized carbons (Fsp3) is 0.300. The van der Waals surface area contributed by atoms with E-state index in [1.165, 1.54) is 6.07 Å². The summed E-state index contributed by atoms with van der Waals surface area (Å²) in [6.45, 7) is 1.23. The van der Waals surface area contributed by atoms with E-state index in [0.717, 1.165) is 23.6 Å². The van der Waals surface area contributed by atoms with Crippen LogP contribution < -0.4 is 15.1 Å². The topological polar surface area (TPSA) is 53.9 Å². The number of benzene rings is 2. The van der Waals surface area contributed by atoms with Crippen LogP contribution in [0.2, 0.25) is 5.02 Å². The lowest BCUT2D eigenvalue weighted by Gasteiger charge is -2.17. The van der Waals surface area contributed by atoms with Crippen LogP contribution in [-0.4, -0.2) is 32.0 Å². The van der Waals surface area contributed by atoms with Gasteiger partial charge in [-0.3, -0.25) is 9.59 Å². The first-order chi connectivity index (χ1) is 12.9. The maximum atomic E-state index is 13.9. The number of nitrogens with one attached hydrogen (secondary N) is 2. The number of quaternary nitrogens is 1. The number of halogens is 2. The van der Waals surface area contributed by atoms with E-state index in [1.807, 2.05) is 19.2 Å². The van der Waals surface area contributed by atoms with E-state index in [9.17, 15) is 14.0 Å². The Morgan fingerprint density at radius 1 is 1.26 bits per heavy atom. The molecule has 0 aliphatic carbocycles. The van der Waals surface area contributed by atoms with Crippen molar-refractivity contribution < 1.29 is 18.9 Å². The normalized spacial score (nSPS) is 15.1. The second-order valence-electron chi connectivity index (χ2n) is 6.75. The van der Waals surface area contributed by atoms with Crippen LogP contribution in [0.25, 0.3) is 0 Å². The molecule has 0 bridgehead atoms. The summed E-state index contributed by atoms with van der Waals surface area (Å²) in [4.78, 5) is 26.6. The van der Waals surface area contributed by atoms with Crippen molar-refractivity contribution in [1.82, 2.24) is 0 Å². The molecule has 7 heteroatoms. The number of carbonyl (C=O) groups is 2. The van der Waals surface area contributed by atoms with Crippen molar-refractivity contribution in [2.45, 2.75) is 19.4 Å². The van der Waals surface area contributed by atoms with Crippen LogP contribution >= 0.6 is 11.6 Å². The van der Waals surface area contributed by atoms with E-state index < -0.39 is 0 Å². The lowest BCUT2D eigenvalue weighted by atomic mass is 10.2. The molecule has 0 spiro atoms. The summed E-state index contributed by atoms with van der Waals surface area (Å²) in [6, 6.07) is 11.8. The third kappa shape index (κ3) is 4.84. The van der Waals surface area contributed by atoms with E-state index in [0.29, 0.717) is 29.2 Å². The molecule has 5 nitrogen and oxygen atoms in total. The predicted octanol–water partition coefficient (Wildman–Crippen LogP) is 2.26. The van der Waals surface area contributed by atoms with Gasteiger partial charge in [0.1, 0.15) is 12.4 Å². The number of carbonyl (C=O) groups excluding carboxylic acids is 2. The molecule has 0 aromatic heterocycles. The van der Waals surface area contributed by atoms with Gasteiger partial charge in [-0.05, 0) is 42.8 Å². The van der Waals surface area contributed by atoms with Gasteiger partial charge in [0.25, 0.3) is 5.91 Å². The maximum Gasteiger partial charge on any atom is 0.279 e. The minimum Gasteiger partial charge on any atom is -0.326 e. The molecule has 3 rings (SSSR count). The van der Waals surface area contributed by atoms with Gasteiger partial charge in [0.2, 0.25) is 5.91 Å². The van der Waals surface area contributed by atoms with Crippen LogP contribution in [0.4, 0.5) is 15.8 Å². The van der Waals surface area contributed by atoms with Crippen molar-refractivity contribution in [1.29, 1.82) is 0 Å². The summed E-state index contributed by atoms with van der Waals surface area (Å²) in [5, 5.41) is 3.19. The molecule has 142 valence electrons. The molecule has 2 aromatic carbocycles. The van der Waals surface area contributed by atoms with Crippen LogP contribution in [0.1, 0.15) is 18.4 Å². The van der Waals surface area contributed by atoms with Gasteiger partial charge >= 0.3 is 0 Å². The Bertz CT molecular complexity index is 821. The van der Waals surface area contributed by atoms with Gasteiger partial charge in [0, 0.05) is 24.3 Å². The maximum absolute atomic E-state index is 13.9. The molecule has 1 aliphatic heterocycles. The third-order valence-electron chi connectivity index (χ3n) is 4.54. The Kier molecular flexibility index (Phi) is 6.08. The average Bonchev–Trinajstić information content (AvgIpc) is 3.05. The van der Waals surface area contributed by atoms with Gasteiger partial charge in [-0.2, -0.15) is 0 Å². The highest BCUT2D eigenvalue weighted by Crippen LogP contribution is 2.23. The molecule has 1 atom stereocenters. The van der Waals surface area contributed by atoms with Crippen LogP contribution in [-0.2, 0) is 16.1 Å². The van der Waals surface area contributed by atoms with Crippen LogP contribution in [0.3, 0.4) is 0 Å². The van der Waals surface area contributed by atoms with Gasteiger partial charge < -0.3 is 15.1 Å². The summed E-state index contributed by atoms with van der Waals surface area (Å²) < 4.78 is 13.9. The van der Waals surface area contributed by atoms with E-state index in [-0.39, 0.29) is 24.2 Å². The monoisotopic (exact) mass is 390 g/mol. The SMILES string of the molecule is C[NH+](CC(=O)Nc1ccc(N2CCCC2=O)cc1)Cc1c(F)cccc1Cl. The highest BCUT2D eigenvalue weighted by molar-refractivity contribution is 6.31. The minimum absolute atomic E-state index is 0.129. The average molecular weight is 391 g/mol. The van der Waals surface area contributed by atoms with Crippen molar-refractivity contribution in [2.24, 2.45) is 0 Å². The van der Waals surface area contributed by atoms with Crippen molar-refractivity contribution >= 4 is 34.8 Å². The second kappa shape index (κ2) is 8.50. The van der Waals surface area contributed by atoms with Crippen LogP contribution in [0, 0.1) is 5.82 Å². The van der Waals surface area contributed by atoms with Crippen molar-refractivity contribution in [3.05, 3.63) is 58.9 Å². The predicted molar refractivity (Wildman–Crippen MR) is 104 cm³/mol. The number of likely N-dealkylation sites (N-methyl/N-ethyl adjacent to an activating group) is 1. The highest BCUT2D eigenvalue weighted by atomic mass is 35.5. The fourth-order valence-corrected chi connectivity index (χ4v) is 3.42. The van der Waals surface area contributed by atoms with E-state index in [4.69, 9.17) is 11.6 Å². The van der Waals surface area contributed by atoms with Gasteiger partial charge in [0.05, 0.1) is 17.6 Å². The Balaban J connectivity index is 1.55. The van der Waals surface area contributed by atoms with Crippen molar-refractivity contribution in [2.75, 3.05) is 30.4 Å². The quantitative estimate of drug-likeness (QED) is 0.795. The van der Waals surface area contributed by atoms with E-state index in [2.05, 4.69) is 5.32 Å². The number of hydrogen-bond donors (Lipinski definition) is 2. The summed E-state index contributed by atoms with van der Waals surface area (Å²) >= 11 is 6.04. The summed E-state index contributed by atoms with van der Waals surface area (Å²) in [5.41, 5.74) is 1.91. The summed E-state index contributed by atoms with van der Waals surface area (Å²) in [7, 11) is 1.81. The molecule has 27 heavy (non-hydrogen) atoms. The Hall–Kier alpha value is -2.44. The van der Waals surface area contributed by atoms with Crippen LogP contribution in [0.15, 0.2) is 42.5 Å². The molecular formula is C20H22ClFN3O2+. The zero-order chi connectivity index (χ0) is 19.4. The standard InChI is InChI=1S/C20H21ClFN3O2/c1-24(12-16-17(21)4-2-5-18(16)22)13-19(26)23-14-7-9-15(10-8-14)25-11-3-6-20(25)27/h2,4-5,7-10H,3,6,11-13H2,1H3,(H,23,26)/p+1. The molecule has 1 unspecified atom stereocenters. The first-order valence-corrected chi connectivity index (χ1v) is 9.26. The third-order valence-corrected chi connectivity index (χ3v) is 4.89. The number of anilines is 2. The molecule has 2 amide bonds. The molecule has 1 aliphatic rings. The number of nitrogens with zero attached hydrogens (tertiary/aromatic N) is 1. The largest absolute Gasteiger partial charge is 0.326 e. The lowest BCUT2D eigenvalue weighted by Crippen LogP contribution is -3.08. The molecule has 0 radical (unpaired) electrons. The van der Waals surface area contributed by atoms with Gasteiger partial charge in [-0.1, -0.05) is 17.7 Å². The summed E-state index contributed by atoms with van der Waals surface area (Å²) in [5.74, 6) is -0.414. The molecular weight excluding hydrogens is 369 g/mol. The van der Waals surface area contributed by atoms with Gasteiger partial charge in [0.15, 0.2) is 6.54 Å². The molecule has 2 N–H and O–H groups in total. The Morgan fingerprint density at radius 2 is 2.00 bits per heavy atom. The smallest absolute Gasteiger partial charge is 0.279 e. The Morgan fingerprint density at radius 3 is 2.63 bits per heavy atom. The first-order valence-electron chi connectivity index (χ1n) is 8.88. The number of hydrogen-bond acceptors (Lipinski definition) is 2. The molecule has 1 fully saturated rings. The van der Waals surface area contributed by atoms with Crippen molar-refractivity contribution in [3.8, 4) is 0 Å². The van der Waals surface area contributed by atoms with Crippen LogP contribution in [0.5, 0.6) is 0 Å². The minimum atomic E-state index is -0.366. The zero-order valence-electron chi connectivity index (χ0n) is 15.1. The van der Waals surface area contributed by atoms with Gasteiger partial charge in [-0.25, -0.2) is 4.39 Å². The fourth-order valence-electron chi connectivity index (χ4n) is 3.19. The van der Waals surface area contributed by atoms with Crippen molar-refractivity contribution in [3.63, 3.8) is 0 Å². The number of rotatable bonds is 6. The second-order valence-corrected chi connectivity index (χ2v) is 7.16. The number of amides is 2. The van der Waals surface area contributed by atoms with E-state index >= 15 is 0 Å². The lowest BCUT2D eigenvalue weighted by molar-refractivity contribution is -0.885. The molecule has 1 heterocycles. The van der Waals surface area contributed by atoms with Gasteiger partial charge in [-0.15, -0.1) is 0 Å². The molecule has 0 saturated carbocycles. The highest BCUT2D eigenvalue weighted by Gasteiger charge is 2.21.